The minimum atomic E-state index is 0.205. The van der Waals surface area contributed by atoms with Crippen LogP contribution in [0.3, 0.4) is 0 Å². The lowest BCUT2D eigenvalue weighted by molar-refractivity contribution is 0.613. The Morgan fingerprint density at radius 1 is 0.909 bits per heavy atom. The van der Waals surface area contributed by atoms with E-state index in [9.17, 15) is 0 Å². The summed E-state index contributed by atoms with van der Waals surface area (Å²) in [6.45, 7) is 4.67. The quantitative estimate of drug-likeness (QED) is 0.407. The molecule has 0 aliphatic rings. The summed E-state index contributed by atoms with van der Waals surface area (Å²) in [6.07, 6.45) is 7.07. The lowest BCUT2D eigenvalue weighted by atomic mass is 10.2. The first-order chi connectivity index (χ1) is 16.1. The summed E-state index contributed by atoms with van der Waals surface area (Å²) in [6, 6.07) is 13.6. The van der Waals surface area contributed by atoms with Crippen molar-refractivity contribution in [2.45, 2.75) is 26.4 Å². The number of rotatable bonds is 6. The molecule has 9 heteroatoms. The van der Waals surface area contributed by atoms with Crippen molar-refractivity contribution >= 4 is 22.8 Å². The van der Waals surface area contributed by atoms with Crippen LogP contribution >= 0.6 is 0 Å². The average Bonchev–Trinajstić information content (AvgIpc) is 3.28. The van der Waals surface area contributed by atoms with Crippen molar-refractivity contribution in [2.75, 3.05) is 11.1 Å². The second kappa shape index (κ2) is 8.62. The predicted molar refractivity (Wildman–Crippen MR) is 128 cm³/mol. The monoisotopic (exact) mass is 437 g/mol. The van der Waals surface area contributed by atoms with Crippen LogP contribution in [0.25, 0.3) is 33.8 Å². The van der Waals surface area contributed by atoms with Gasteiger partial charge in [-0.1, -0.05) is 6.07 Å². The molecule has 0 unspecified atom stereocenters. The van der Waals surface area contributed by atoms with Crippen molar-refractivity contribution in [3.8, 4) is 22.6 Å². The Balaban J connectivity index is 1.46. The first-order valence-electron chi connectivity index (χ1n) is 10.6. The Kier molecular flexibility index (Phi) is 5.35. The first-order valence-corrected chi connectivity index (χ1v) is 10.6. The van der Waals surface area contributed by atoms with E-state index in [2.05, 4.69) is 39.1 Å². The molecule has 5 heterocycles. The van der Waals surface area contributed by atoms with Gasteiger partial charge in [-0.25, -0.2) is 19.9 Å². The minimum absolute atomic E-state index is 0.205. The van der Waals surface area contributed by atoms with E-state index in [0.29, 0.717) is 29.5 Å². The number of anilines is 2. The Morgan fingerprint density at radius 2 is 1.76 bits per heavy atom. The molecule has 0 bridgehead atoms. The Morgan fingerprint density at radius 3 is 2.45 bits per heavy atom. The van der Waals surface area contributed by atoms with Gasteiger partial charge in [0.2, 0.25) is 0 Å². The molecule has 0 spiro atoms. The van der Waals surface area contributed by atoms with Gasteiger partial charge in [-0.15, -0.1) is 0 Å². The maximum Gasteiger partial charge on any atom is 0.166 e. The molecule has 0 aliphatic carbocycles. The maximum atomic E-state index is 5.74. The van der Waals surface area contributed by atoms with Crippen LogP contribution in [0.4, 0.5) is 11.6 Å². The van der Waals surface area contributed by atoms with Crippen molar-refractivity contribution in [3.63, 3.8) is 0 Å². The summed E-state index contributed by atoms with van der Waals surface area (Å²) < 4.78 is 2.02. The molecule has 3 N–H and O–H groups in total. The number of nitrogens with zero attached hydrogens (tertiary/aromatic N) is 7. The maximum absolute atomic E-state index is 5.74. The Bertz CT molecular complexity index is 1380. The van der Waals surface area contributed by atoms with Crippen LogP contribution in [-0.2, 0) is 6.54 Å². The largest absolute Gasteiger partial charge is 0.384 e. The Labute approximate surface area is 190 Å². The molecule has 0 atom stereocenters. The highest BCUT2D eigenvalue weighted by Crippen LogP contribution is 2.26. The fourth-order valence-corrected chi connectivity index (χ4v) is 3.47. The highest BCUT2D eigenvalue weighted by atomic mass is 15.2. The molecule has 9 nitrogen and oxygen atoms in total. The molecule has 0 radical (unpaired) electrons. The zero-order chi connectivity index (χ0) is 22.8. The molecular formula is C24H23N9. The van der Waals surface area contributed by atoms with Gasteiger partial charge in [-0.3, -0.25) is 9.97 Å². The van der Waals surface area contributed by atoms with Crippen LogP contribution < -0.4 is 11.1 Å². The molecule has 5 aromatic heterocycles. The summed E-state index contributed by atoms with van der Waals surface area (Å²) in [7, 11) is 0. The van der Waals surface area contributed by atoms with E-state index in [1.165, 1.54) is 0 Å². The van der Waals surface area contributed by atoms with Gasteiger partial charge in [-0.05, 0) is 50.2 Å². The lowest BCUT2D eigenvalue weighted by Gasteiger charge is -2.11. The van der Waals surface area contributed by atoms with Gasteiger partial charge < -0.3 is 15.6 Å². The summed E-state index contributed by atoms with van der Waals surface area (Å²) in [5.74, 6) is 1.64. The van der Waals surface area contributed by atoms with Gasteiger partial charge in [0.1, 0.15) is 11.3 Å². The van der Waals surface area contributed by atoms with Crippen molar-refractivity contribution in [2.24, 2.45) is 0 Å². The molecule has 164 valence electrons. The van der Waals surface area contributed by atoms with Gasteiger partial charge in [0.15, 0.2) is 17.3 Å². The van der Waals surface area contributed by atoms with Crippen molar-refractivity contribution in [1.29, 1.82) is 0 Å². The van der Waals surface area contributed by atoms with Gasteiger partial charge in [-0.2, -0.15) is 0 Å². The molecule has 0 saturated heterocycles. The molecule has 33 heavy (non-hydrogen) atoms. The summed E-state index contributed by atoms with van der Waals surface area (Å²) in [5.41, 5.74) is 10.7. The normalized spacial score (nSPS) is 11.2. The second-order valence-corrected chi connectivity index (χ2v) is 7.89. The van der Waals surface area contributed by atoms with Gasteiger partial charge in [0.05, 0.1) is 24.3 Å². The summed E-state index contributed by atoms with van der Waals surface area (Å²) in [4.78, 5) is 27.2. The third-order valence-electron chi connectivity index (χ3n) is 5.24. The number of hydrogen-bond donors (Lipinski definition) is 2. The zero-order valence-electron chi connectivity index (χ0n) is 18.3. The van der Waals surface area contributed by atoms with E-state index in [0.717, 1.165) is 28.2 Å². The van der Waals surface area contributed by atoms with Gasteiger partial charge in [0, 0.05) is 35.8 Å². The lowest BCUT2D eigenvalue weighted by Crippen LogP contribution is -2.07. The molecule has 5 aromatic rings. The topological polar surface area (TPSA) is 120 Å². The second-order valence-electron chi connectivity index (χ2n) is 7.89. The van der Waals surface area contributed by atoms with E-state index in [1.807, 2.05) is 47.2 Å². The molecule has 0 amide bonds. The van der Waals surface area contributed by atoms with E-state index in [-0.39, 0.29) is 6.04 Å². The number of pyridine rings is 3. The highest BCUT2D eigenvalue weighted by Gasteiger charge is 2.16. The summed E-state index contributed by atoms with van der Waals surface area (Å²) >= 11 is 0. The molecular weight excluding hydrogens is 414 g/mol. The van der Waals surface area contributed by atoms with Crippen LogP contribution in [-0.4, -0.2) is 34.5 Å². The number of aromatic nitrogens is 7. The standard InChI is InChI=1S/C24H23N9/c1-15(2)33-14-30-21-23(31-22(32-24(21)33)17-7-9-20(25)28-12-17)29-13-18-8-6-16(11-27-18)19-5-3-4-10-26-19/h3-12,14-15H,13H2,1-2H3,(H2,25,28)(H,29,31,32). The van der Waals surface area contributed by atoms with E-state index >= 15 is 0 Å². The predicted octanol–water partition coefficient (Wildman–Crippen LogP) is 4.12. The van der Waals surface area contributed by atoms with Crippen molar-refractivity contribution in [1.82, 2.24) is 34.5 Å². The fraction of sp³-hybridized carbons (Fsp3) is 0.167. The number of fused-ring (bicyclic) bond motifs is 1. The third kappa shape index (κ3) is 4.20. The molecule has 5 rings (SSSR count). The molecule has 0 fully saturated rings. The van der Waals surface area contributed by atoms with Crippen LogP contribution in [0.2, 0.25) is 0 Å². The number of nitrogens with two attached hydrogens (primary N) is 1. The van der Waals surface area contributed by atoms with Crippen LogP contribution in [0, 0.1) is 0 Å². The Hall–Kier alpha value is -4.40. The van der Waals surface area contributed by atoms with Crippen LogP contribution in [0.1, 0.15) is 25.6 Å². The van der Waals surface area contributed by atoms with Crippen molar-refractivity contribution < 1.29 is 0 Å². The minimum Gasteiger partial charge on any atom is -0.384 e. The summed E-state index contributed by atoms with van der Waals surface area (Å²) in [5, 5.41) is 3.39. The van der Waals surface area contributed by atoms with Gasteiger partial charge >= 0.3 is 0 Å². The third-order valence-corrected chi connectivity index (χ3v) is 5.24. The zero-order valence-corrected chi connectivity index (χ0v) is 18.3. The number of nitrogens with one attached hydrogen (secondary N) is 1. The molecule has 0 saturated carbocycles. The molecule has 0 aliphatic heterocycles. The number of hydrogen-bond acceptors (Lipinski definition) is 8. The van der Waals surface area contributed by atoms with Crippen LogP contribution in [0.15, 0.2) is 67.4 Å². The molecule has 0 aromatic carbocycles. The number of imidazole rings is 1. The van der Waals surface area contributed by atoms with Crippen molar-refractivity contribution in [3.05, 3.63) is 73.1 Å². The fourth-order valence-electron chi connectivity index (χ4n) is 3.47. The van der Waals surface area contributed by atoms with E-state index in [4.69, 9.17) is 15.7 Å². The average molecular weight is 438 g/mol. The number of nitrogen functional groups attached to an aromatic ring is 1. The van der Waals surface area contributed by atoms with E-state index < -0.39 is 0 Å². The van der Waals surface area contributed by atoms with Gasteiger partial charge in [0.25, 0.3) is 0 Å². The SMILES string of the molecule is CC(C)n1cnc2c(NCc3ccc(-c4ccccn4)cn3)nc(-c3ccc(N)nc3)nc21. The van der Waals surface area contributed by atoms with E-state index in [1.54, 1.807) is 24.8 Å². The smallest absolute Gasteiger partial charge is 0.166 e. The van der Waals surface area contributed by atoms with Crippen LogP contribution in [0.5, 0.6) is 0 Å². The highest BCUT2D eigenvalue weighted by molar-refractivity contribution is 5.85. The first kappa shape index (κ1) is 20.5.